The van der Waals surface area contributed by atoms with Crippen molar-refractivity contribution in [3.05, 3.63) is 23.8 Å². The van der Waals surface area contributed by atoms with E-state index in [9.17, 15) is 10.2 Å². The van der Waals surface area contributed by atoms with Crippen molar-refractivity contribution in [3.63, 3.8) is 0 Å². The summed E-state index contributed by atoms with van der Waals surface area (Å²) in [4.78, 5) is 2.17. The van der Waals surface area contributed by atoms with E-state index < -0.39 is 0 Å². The first-order valence-corrected chi connectivity index (χ1v) is 5.12. The van der Waals surface area contributed by atoms with Gasteiger partial charge in [-0.1, -0.05) is 12.1 Å². The van der Waals surface area contributed by atoms with Crippen molar-refractivity contribution >= 4 is 0 Å². The molecule has 0 bridgehead atoms. The van der Waals surface area contributed by atoms with Crippen LogP contribution in [0, 0.1) is 0 Å². The number of hydrogen-bond donors (Lipinski definition) is 3. The fourth-order valence-electron chi connectivity index (χ4n) is 1.97. The zero-order valence-corrected chi connectivity index (χ0v) is 8.77. The standard InChI is InChI=1S/C11H16N2O2/c1-13-6-5-12-7-9(13)8-3-2-4-10(14)11(8)15/h2-4,9,12,14-15H,5-7H2,1H3. The molecule has 1 heterocycles. The van der Waals surface area contributed by atoms with Crippen LogP contribution in [0.2, 0.25) is 0 Å². The third-order valence-corrected chi connectivity index (χ3v) is 2.92. The van der Waals surface area contributed by atoms with Crippen LogP contribution in [0.5, 0.6) is 11.5 Å². The third-order valence-electron chi connectivity index (χ3n) is 2.92. The Balaban J connectivity index is 2.31. The van der Waals surface area contributed by atoms with E-state index in [-0.39, 0.29) is 17.5 Å². The minimum absolute atomic E-state index is 0.00181. The Kier molecular flexibility index (Phi) is 2.79. The molecule has 3 N–H and O–H groups in total. The maximum Gasteiger partial charge on any atom is 0.162 e. The number of aromatic hydroxyl groups is 2. The normalized spacial score (nSPS) is 22.9. The van der Waals surface area contributed by atoms with Crippen molar-refractivity contribution < 1.29 is 10.2 Å². The summed E-state index contributed by atoms with van der Waals surface area (Å²) in [6, 6.07) is 5.23. The molecule has 1 saturated heterocycles. The van der Waals surface area contributed by atoms with Crippen LogP contribution in [-0.2, 0) is 0 Å². The van der Waals surface area contributed by atoms with Crippen LogP contribution < -0.4 is 5.32 Å². The van der Waals surface area contributed by atoms with Gasteiger partial charge in [-0.05, 0) is 13.1 Å². The lowest BCUT2D eigenvalue weighted by Gasteiger charge is -2.33. The summed E-state index contributed by atoms with van der Waals surface area (Å²) in [6.07, 6.45) is 0. The van der Waals surface area contributed by atoms with Crippen molar-refractivity contribution in [1.82, 2.24) is 10.2 Å². The number of likely N-dealkylation sites (N-methyl/N-ethyl adjacent to an activating group) is 1. The molecule has 15 heavy (non-hydrogen) atoms. The van der Waals surface area contributed by atoms with Crippen LogP contribution in [-0.4, -0.2) is 41.8 Å². The maximum atomic E-state index is 9.76. The van der Waals surface area contributed by atoms with Crippen LogP contribution >= 0.6 is 0 Å². The lowest BCUT2D eigenvalue weighted by atomic mass is 10.0. The molecule has 1 fully saturated rings. The zero-order valence-electron chi connectivity index (χ0n) is 8.77. The molecule has 1 aliphatic heterocycles. The second-order valence-electron chi connectivity index (χ2n) is 3.92. The summed E-state index contributed by atoms with van der Waals surface area (Å²) < 4.78 is 0. The van der Waals surface area contributed by atoms with Gasteiger partial charge in [0.2, 0.25) is 0 Å². The van der Waals surface area contributed by atoms with Gasteiger partial charge in [-0.25, -0.2) is 0 Å². The lowest BCUT2D eigenvalue weighted by Crippen LogP contribution is -2.43. The molecule has 0 aromatic heterocycles. The van der Waals surface area contributed by atoms with Gasteiger partial charge in [-0.3, -0.25) is 4.90 Å². The summed E-state index contributed by atoms with van der Waals surface area (Å²) in [5.41, 5.74) is 0.782. The zero-order chi connectivity index (χ0) is 10.8. The summed E-state index contributed by atoms with van der Waals surface area (Å²) in [5, 5.41) is 22.5. The van der Waals surface area contributed by atoms with E-state index in [0.717, 1.165) is 25.2 Å². The van der Waals surface area contributed by atoms with Crippen LogP contribution in [0.4, 0.5) is 0 Å². The SMILES string of the molecule is CN1CCNCC1c1cccc(O)c1O. The second kappa shape index (κ2) is 4.08. The summed E-state index contributed by atoms with van der Waals surface area (Å²) in [5.74, 6) is -0.0514. The van der Waals surface area contributed by atoms with Gasteiger partial charge in [0.25, 0.3) is 0 Å². The van der Waals surface area contributed by atoms with Crippen molar-refractivity contribution in [2.24, 2.45) is 0 Å². The van der Waals surface area contributed by atoms with Crippen molar-refractivity contribution in [1.29, 1.82) is 0 Å². The van der Waals surface area contributed by atoms with Gasteiger partial charge in [0, 0.05) is 25.2 Å². The van der Waals surface area contributed by atoms with Gasteiger partial charge < -0.3 is 15.5 Å². The van der Waals surface area contributed by atoms with Crippen molar-refractivity contribution in [2.45, 2.75) is 6.04 Å². The minimum atomic E-state index is -0.0496. The number of benzene rings is 1. The fraction of sp³-hybridized carbons (Fsp3) is 0.455. The molecule has 0 radical (unpaired) electrons. The summed E-state index contributed by atoms with van der Waals surface area (Å²) in [6.45, 7) is 2.71. The van der Waals surface area contributed by atoms with Gasteiger partial charge in [0.1, 0.15) is 0 Å². The molecule has 2 rings (SSSR count). The first kappa shape index (κ1) is 10.3. The molecular formula is C11H16N2O2. The smallest absolute Gasteiger partial charge is 0.162 e. The molecule has 0 amide bonds. The van der Waals surface area contributed by atoms with Crippen molar-refractivity contribution in [3.8, 4) is 11.5 Å². The predicted molar refractivity (Wildman–Crippen MR) is 58.0 cm³/mol. The fourth-order valence-corrected chi connectivity index (χ4v) is 1.97. The number of nitrogens with zero attached hydrogens (tertiary/aromatic N) is 1. The van der Waals surface area contributed by atoms with Gasteiger partial charge in [-0.15, -0.1) is 0 Å². The Hall–Kier alpha value is -1.26. The average Bonchev–Trinajstić information content (AvgIpc) is 2.23. The number of piperazine rings is 1. The van der Waals surface area contributed by atoms with E-state index in [4.69, 9.17) is 0 Å². The van der Waals surface area contributed by atoms with E-state index in [1.807, 2.05) is 13.1 Å². The Bertz CT molecular complexity index is 354. The third kappa shape index (κ3) is 1.91. The van der Waals surface area contributed by atoms with Crippen LogP contribution in [0.1, 0.15) is 11.6 Å². The molecular weight excluding hydrogens is 192 g/mol. The quantitative estimate of drug-likeness (QED) is 0.594. The lowest BCUT2D eigenvalue weighted by molar-refractivity contribution is 0.198. The number of nitrogens with one attached hydrogen (secondary N) is 1. The molecule has 1 aliphatic rings. The molecule has 1 aromatic rings. The Morgan fingerprint density at radius 1 is 1.40 bits per heavy atom. The number of para-hydroxylation sites is 1. The van der Waals surface area contributed by atoms with E-state index >= 15 is 0 Å². The molecule has 82 valence electrons. The molecule has 1 unspecified atom stereocenters. The molecule has 0 aliphatic carbocycles. The van der Waals surface area contributed by atoms with Gasteiger partial charge in [0.15, 0.2) is 11.5 Å². The molecule has 0 saturated carbocycles. The Labute approximate surface area is 89.1 Å². The Morgan fingerprint density at radius 2 is 2.20 bits per heavy atom. The molecule has 1 aromatic carbocycles. The van der Waals surface area contributed by atoms with Crippen LogP contribution in [0.15, 0.2) is 18.2 Å². The topological polar surface area (TPSA) is 55.7 Å². The van der Waals surface area contributed by atoms with Crippen LogP contribution in [0.3, 0.4) is 0 Å². The van der Waals surface area contributed by atoms with E-state index in [1.54, 1.807) is 6.07 Å². The first-order valence-electron chi connectivity index (χ1n) is 5.12. The summed E-state index contributed by atoms with van der Waals surface area (Å²) in [7, 11) is 2.02. The largest absolute Gasteiger partial charge is 0.504 e. The molecule has 1 atom stereocenters. The average molecular weight is 208 g/mol. The maximum absolute atomic E-state index is 9.76. The highest BCUT2D eigenvalue weighted by Crippen LogP contribution is 2.34. The van der Waals surface area contributed by atoms with Gasteiger partial charge in [-0.2, -0.15) is 0 Å². The molecule has 4 nitrogen and oxygen atoms in total. The highest BCUT2D eigenvalue weighted by molar-refractivity contribution is 5.46. The van der Waals surface area contributed by atoms with E-state index in [2.05, 4.69) is 10.2 Å². The first-order chi connectivity index (χ1) is 7.20. The second-order valence-corrected chi connectivity index (χ2v) is 3.92. The van der Waals surface area contributed by atoms with Crippen LogP contribution in [0.25, 0.3) is 0 Å². The number of phenolic OH excluding ortho intramolecular Hbond substituents is 2. The Morgan fingerprint density at radius 3 is 2.93 bits per heavy atom. The number of hydrogen-bond acceptors (Lipinski definition) is 4. The monoisotopic (exact) mass is 208 g/mol. The van der Waals surface area contributed by atoms with E-state index in [0.29, 0.717) is 0 Å². The number of phenols is 2. The minimum Gasteiger partial charge on any atom is -0.504 e. The molecule has 0 spiro atoms. The van der Waals surface area contributed by atoms with Gasteiger partial charge >= 0.3 is 0 Å². The number of rotatable bonds is 1. The van der Waals surface area contributed by atoms with E-state index in [1.165, 1.54) is 6.07 Å². The highest BCUT2D eigenvalue weighted by Gasteiger charge is 2.23. The highest BCUT2D eigenvalue weighted by atomic mass is 16.3. The van der Waals surface area contributed by atoms with Gasteiger partial charge in [0.05, 0.1) is 6.04 Å². The predicted octanol–water partition coefficient (Wildman–Crippen LogP) is 0.674. The van der Waals surface area contributed by atoms with Crippen molar-refractivity contribution in [2.75, 3.05) is 26.7 Å². The molecule has 4 heteroatoms. The summed E-state index contributed by atoms with van der Waals surface area (Å²) >= 11 is 0.